The van der Waals surface area contributed by atoms with Gasteiger partial charge in [0.15, 0.2) is 0 Å². The van der Waals surface area contributed by atoms with Gasteiger partial charge in [0.1, 0.15) is 5.75 Å². The van der Waals surface area contributed by atoms with E-state index in [9.17, 15) is 8.42 Å². The highest BCUT2D eigenvalue weighted by Gasteiger charge is 2.29. The van der Waals surface area contributed by atoms with Crippen LogP contribution in [0.25, 0.3) is 11.5 Å². The highest BCUT2D eigenvalue weighted by Crippen LogP contribution is 2.33. The second-order valence-corrected chi connectivity index (χ2v) is 8.02. The van der Waals surface area contributed by atoms with Gasteiger partial charge in [-0.05, 0) is 49.7 Å². The number of oxazole rings is 1. The smallest absolute Gasteiger partial charge is 0.234 e. The number of hydrogen-bond acceptors (Lipinski definition) is 6. The molecule has 1 unspecified atom stereocenters. The monoisotopic (exact) mass is 386 g/mol. The topological polar surface area (TPSA) is 81.4 Å². The van der Waals surface area contributed by atoms with E-state index in [1.54, 1.807) is 61.7 Å². The lowest BCUT2D eigenvalue weighted by Gasteiger charge is -2.11. The Balaban J connectivity index is 2.09. The first-order chi connectivity index (χ1) is 13.0. The Morgan fingerprint density at radius 2 is 1.78 bits per heavy atom. The zero-order valence-corrected chi connectivity index (χ0v) is 16.3. The highest BCUT2D eigenvalue weighted by atomic mass is 32.2. The van der Waals surface area contributed by atoms with Crippen LogP contribution in [0.15, 0.2) is 68.9 Å². The van der Waals surface area contributed by atoms with Crippen LogP contribution >= 0.6 is 0 Å². The van der Waals surface area contributed by atoms with E-state index >= 15 is 0 Å². The quantitative estimate of drug-likeness (QED) is 0.648. The molecule has 0 saturated carbocycles. The van der Waals surface area contributed by atoms with E-state index < -0.39 is 9.84 Å². The molecule has 1 N–H and O–H groups in total. The molecular formula is C20H22N2O4S. The fraction of sp³-hybridized carbons (Fsp3) is 0.250. The molecule has 0 aliphatic heterocycles. The predicted octanol–water partition coefficient (Wildman–Crippen LogP) is 4.39. The summed E-state index contributed by atoms with van der Waals surface area (Å²) in [6.45, 7) is 3.96. The lowest BCUT2D eigenvalue weighted by molar-refractivity contribution is 0.415. The maximum Gasteiger partial charge on any atom is 0.234 e. The molecule has 0 bridgehead atoms. The summed E-state index contributed by atoms with van der Waals surface area (Å²) in [5, 5.41) is 3.00. The van der Waals surface area contributed by atoms with E-state index in [1.807, 2.05) is 13.8 Å². The van der Waals surface area contributed by atoms with E-state index in [0.717, 1.165) is 6.42 Å². The van der Waals surface area contributed by atoms with Crippen LogP contribution in [-0.2, 0) is 9.84 Å². The molecule has 7 heteroatoms. The van der Waals surface area contributed by atoms with Gasteiger partial charge in [-0.15, -0.1) is 0 Å². The van der Waals surface area contributed by atoms with Gasteiger partial charge in [-0.25, -0.2) is 8.42 Å². The van der Waals surface area contributed by atoms with Crippen molar-refractivity contribution in [1.29, 1.82) is 0 Å². The maximum absolute atomic E-state index is 13.1. The number of benzene rings is 2. The third-order valence-corrected chi connectivity index (χ3v) is 5.91. The van der Waals surface area contributed by atoms with Crippen LogP contribution in [0.4, 0.5) is 5.88 Å². The number of anilines is 1. The van der Waals surface area contributed by atoms with Gasteiger partial charge in [0.2, 0.25) is 26.6 Å². The number of nitrogens with zero attached hydrogens (tertiary/aromatic N) is 1. The molecule has 27 heavy (non-hydrogen) atoms. The summed E-state index contributed by atoms with van der Waals surface area (Å²) in [5.41, 5.74) is 0.664. The molecule has 0 saturated heterocycles. The van der Waals surface area contributed by atoms with Crippen molar-refractivity contribution in [3.05, 3.63) is 54.6 Å². The summed E-state index contributed by atoms with van der Waals surface area (Å²) in [7, 11) is -2.23. The molecule has 0 amide bonds. The predicted molar refractivity (Wildman–Crippen MR) is 104 cm³/mol. The molecule has 0 aliphatic rings. The fourth-order valence-electron chi connectivity index (χ4n) is 2.47. The summed E-state index contributed by atoms with van der Waals surface area (Å²) in [5.74, 6) is 1.08. The van der Waals surface area contributed by atoms with Crippen LogP contribution in [0, 0.1) is 0 Å². The molecular weight excluding hydrogens is 364 g/mol. The molecule has 1 atom stereocenters. The van der Waals surface area contributed by atoms with Crippen molar-refractivity contribution in [1.82, 2.24) is 4.98 Å². The van der Waals surface area contributed by atoms with Gasteiger partial charge in [0, 0.05) is 11.6 Å². The fourth-order valence-corrected chi connectivity index (χ4v) is 3.76. The molecule has 0 aliphatic carbocycles. The minimum atomic E-state index is -3.82. The molecule has 0 fully saturated rings. The van der Waals surface area contributed by atoms with Crippen molar-refractivity contribution in [3.8, 4) is 17.2 Å². The van der Waals surface area contributed by atoms with E-state index in [0.29, 0.717) is 11.3 Å². The van der Waals surface area contributed by atoms with Gasteiger partial charge in [0.05, 0.1) is 12.0 Å². The Labute approximate surface area is 159 Å². The lowest BCUT2D eigenvalue weighted by atomic mass is 10.2. The first kappa shape index (κ1) is 19.0. The van der Waals surface area contributed by atoms with Crippen molar-refractivity contribution >= 4 is 15.7 Å². The minimum Gasteiger partial charge on any atom is -0.497 e. The molecule has 6 nitrogen and oxygen atoms in total. The molecule has 1 aromatic heterocycles. The molecule has 3 aromatic rings. The SMILES string of the molecule is CCC(C)Nc1oc(-c2ccc(OC)cc2)nc1S(=O)(=O)c1ccccc1. The van der Waals surface area contributed by atoms with Crippen LogP contribution < -0.4 is 10.1 Å². The highest BCUT2D eigenvalue weighted by molar-refractivity contribution is 7.91. The van der Waals surface area contributed by atoms with Crippen molar-refractivity contribution in [2.45, 2.75) is 36.2 Å². The standard InChI is InChI=1S/C20H22N2O4S/c1-4-14(2)21-19-20(27(23,24)17-8-6-5-7-9-17)22-18(26-19)15-10-12-16(25-3)13-11-15/h5-14,21H,4H2,1-3H3. The number of methoxy groups -OCH3 is 1. The third-order valence-electron chi connectivity index (χ3n) is 4.23. The third kappa shape index (κ3) is 3.98. The Morgan fingerprint density at radius 3 is 2.37 bits per heavy atom. The number of rotatable bonds is 7. The summed E-state index contributed by atoms with van der Waals surface area (Å²) in [6, 6.07) is 15.3. The summed E-state index contributed by atoms with van der Waals surface area (Å²) in [6.07, 6.45) is 0.809. The van der Waals surface area contributed by atoms with Crippen LogP contribution in [0.3, 0.4) is 0 Å². The van der Waals surface area contributed by atoms with Crippen LogP contribution in [0.5, 0.6) is 5.75 Å². The number of hydrogen-bond donors (Lipinski definition) is 1. The second-order valence-electron chi connectivity index (χ2n) is 6.15. The maximum atomic E-state index is 13.1. The van der Waals surface area contributed by atoms with Crippen molar-refractivity contribution < 1.29 is 17.6 Å². The number of nitrogens with one attached hydrogen (secondary N) is 1. The van der Waals surface area contributed by atoms with Crippen LogP contribution in [-0.4, -0.2) is 26.6 Å². The Bertz CT molecular complexity index is 996. The van der Waals surface area contributed by atoms with Crippen molar-refractivity contribution in [2.24, 2.45) is 0 Å². The molecule has 1 heterocycles. The molecule has 2 aromatic carbocycles. The van der Waals surface area contributed by atoms with Crippen molar-refractivity contribution in [2.75, 3.05) is 12.4 Å². The molecule has 0 spiro atoms. The molecule has 142 valence electrons. The molecule has 3 rings (SSSR count). The van der Waals surface area contributed by atoms with E-state index in [-0.39, 0.29) is 27.7 Å². The largest absolute Gasteiger partial charge is 0.497 e. The van der Waals surface area contributed by atoms with Gasteiger partial charge in [0.25, 0.3) is 0 Å². The summed E-state index contributed by atoms with van der Waals surface area (Å²) >= 11 is 0. The number of aromatic nitrogens is 1. The lowest BCUT2D eigenvalue weighted by Crippen LogP contribution is -2.15. The Morgan fingerprint density at radius 1 is 1.11 bits per heavy atom. The Kier molecular flexibility index (Phi) is 5.51. The van der Waals surface area contributed by atoms with E-state index in [4.69, 9.17) is 9.15 Å². The van der Waals surface area contributed by atoms with E-state index in [2.05, 4.69) is 10.3 Å². The van der Waals surface area contributed by atoms with Crippen molar-refractivity contribution in [3.63, 3.8) is 0 Å². The number of sulfone groups is 1. The second kappa shape index (κ2) is 7.84. The van der Waals surface area contributed by atoms with Gasteiger partial charge in [-0.2, -0.15) is 4.98 Å². The first-order valence-electron chi connectivity index (χ1n) is 8.67. The summed E-state index contributed by atoms with van der Waals surface area (Å²) in [4.78, 5) is 4.49. The van der Waals surface area contributed by atoms with Gasteiger partial charge < -0.3 is 14.5 Å². The van der Waals surface area contributed by atoms with Gasteiger partial charge in [-0.1, -0.05) is 25.1 Å². The molecule has 0 radical (unpaired) electrons. The van der Waals surface area contributed by atoms with E-state index in [1.165, 1.54) is 0 Å². The number of ether oxygens (including phenoxy) is 1. The van der Waals surface area contributed by atoms with Crippen LogP contribution in [0.2, 0.25) is 0 Å². The van der Waals surface area contributed by atoms with Crippen LogP contribution in [0.1, 0.15) is 20.3 Å². The normalized spacial score (nSPS) is 12.6. The zero-order chi connectivity index (χ0) is 19.4. The van der Waals surface area contributed by atoms with Gasteiger partial charge in [-0.3, -0.25) is 0 Å². The zero-order valence-electron chi connectivity index (χ0n) is 15.5. The first-order valence-corrected chi connectivity index (χ1v) is 10.2. The Hall–Kier alpha value is -2.80. The average Bonchev–Trinajstić information content (AvgIpc) is 3.13. The minimum absolute atomic E-state index is 0.0337. The average molecular weight is 386 g/mol. The van der Waals surface area contributed by atoms with Gasteiger partial charge >= 0.3 is 0 Å². The summed E-state index contributed by atoms with van der Waals surface area (Å²) < 4.78 is 37.1.